The molecule has 1 unspecified atom stereocenters. The van der Waals surface area contributed by atoms with Crippen molar-refractivity contribution in [3.05, 3.63) is 57.6 Å². The summed E-state index contributed by atoms with van der Waals surface area (Å²) in [5, 5.41) is 10.3. The van der Waals surface area contributed by atoms with E-state index in [-0.39, 0.29) is 10.0 Å². The summed E-state index contributed by atoms with van der Waals surface area (Å²) in [5.41, 5.74) is 0.151. The van der Waals surface area contributed by atoms with E-state index in [0.29, 0.717) is 17.1 Å². The minimum absolute atomic E-state index is 0.00218. The van der Waals surface area contributed by atoms with Crippen LogP contribution in [0, 0.1) is 11.6 Å². The van der Waals surface area contributed by atoms with E-state index in [1.807, 2.05) is 0 Å². The van der Waals surface area contributed by atoms with Crippen LogP contribution >= 0.6 is 15.9 Å². The molecule has 0 spiro atoms. The van der Waals surface area contributed by atoms with Crippen LogP contribution in [0.4, 0.5) is 8.78 Å². The molecule has 0 amide bonds. The van der Waals surface area contributed by atoms with Gasteiger partial charge in [0.2, 0.25) is 0 Å². The first-order chi connectivity index (χ1) is 9.97. The zero-order valence-electron chi connectivity index (χ0n) is 11.4. The van der Waals surface area contributed by atoms with Crippen LogP contribution in [0.5, 0.6) is 11.5 Å². The maximum atomic E-state index is 13.9. The smallest absolute Gasteiger partial charge is 0.137 e. The van der Waals surface area contributed by atoms with Crippen molar-refractivity contribution in [3.63, 3.8) is 0 Å². The minimum Gasteiger partial charge on any atom is -0.497 e. The van der Waals surface area contributed by atoms with Crippen molar-refractivity contribution < 1.29 is 23.4 Å². The van der Waals surface area contributed by atoms with E-state index in [9.17, 15) is 13.9 Å². The average Bonchev–Trinajstić information content (AvgIpc) is 2.49. The fraction of sp³-hybridized carbons (Fsp3) is 0.200. The number of hydrogen-bond acceptors (Lipinski definition) is 3. The van der Waals surface area contributed by atoms with Crippen LogP contribution in [-0.2, 0) is 0 Å². The highest BCUT2D eigenvalue weighted by Gasteiger charge is 2.21. The van der Waals surface area contributed by atoms with Crippen molar-refractivity contribution in [2.24, 2.45) is 0 Å². The topological polar surface area (TPSA) is 38.7 Å². The van der Waals surface area contributed by atoms with E-state index in [4.69, 9.17) is 9.47 Å². The Labute approximate surface area is 129 Å². The predicted octanol–water partition coefficient (Wildman–Crippen LogP) is 3.83. The van der Waals surface area contributed by atoms with Gasteiger partial charge in [-0.2, -0.15) is 0 Å². The molecule has 1 N–H and O–H groups in total. The number of aliphatic hydroxyl groups is 1. The van der Waals surface area contributed by atoms with Crippen LogP contribution in [0.25, 0.3) is 0 Å². The lowest BCUT2D eigenvalue weighted by molar-refractivity contribution is 0.208. The Bertz CT molecular complexity index is 662. The van der Waals surface area contributed by atoms with Crippen molar-refractivity contribution in [1.82, 2.24) is 0 Å². The number of aliphatic hydroxyl groups excluding tert-OH is 1. The monoisotopic (exact) mass is 358 g/mol. The third-order valence-electron chi connectivity index (χ3n) is 3.07. The molecule has 0 aliphatic carbocycles. The second-order valence-corrected chi connectivity index (χ2v) is 5.15. The Kier molecular flexibility index (Phi) is 4.80. The van der Waals surface area contributed by atoms with E-state index in [1.54, 1.807) is 18.2 Å². The molecule has 0 saturated heterocycles. The molecule has 2 rings (SSSR count). The van der Waals surface area contributed by atoms with Crippen molar-refractivity contribution in [3.8, 4) is 11.5 Å². The summed E-state index contributed by atoms with van der Waals surface area (Å²) in [6.07, 6.45) is -1.35. The maximum Gasteiger partial charge on any atom is 0.137 e. The van der Waals surface area contributed by atoms with Crippen molar-refractivity contribution in [2.75, 3.05) is 14.2 Å². The van der Waals surface area contributed by atoms with Crippen LogP contribution in [0.1, 0.15) is 17.2 Å². The molecule has 0 aliphatic rings. The molecule has 3 nitrogen and oxygen atoms in total. The summed E-state index contributed by atoms with van der Waals surface area (Å²) in [7, 11) is 2.91. The van der Waals surface area contributed by atoms with Crippen LogP contribution in [-0.4, -0.2) is 19.3 Å². The number of benzene rings is 2. The fourth-order valence-electron chi connectivity index (χ4n) is 1.96. The highest BCUT2D eigenvalue weighted by molar-refractivity contribution is 9.10. The molecule has 0 radical (unpaired) electrons. The summed E-state index contributed by atoms with van der Waals surface area (Å²) in [5.74, 6) is -0.513. The van der Waals surface area contributed by atoms with Gasteiger partial charge in [0, 0.05) is 17.2 Å². The molecule has 112 valence electrons. The normalized spacial score (nSPS) is 12.1. The Hall–Kier alpha value is -1.66. The Morgan fingerprint density at radius 2 is 1.71 bits per heavy atom. The summed E-state index contributed by atoms with van der Waals surface area (Å²) in [6.45, 7) is 0. The van der Waals surface area contributed by atoms with Gasteiger partial charge in [-0.05, 0) is 40.2 Å². The molecule has 0 aliphatic heterocycles. The van der Waals surface area contributed by atoms with Gasteiger partial charge in [-0.25, -0.2) is 8.78 Å². The first-order valence-electron chi connectivity index (χ1n) is 6.02. The number of hydrogen-bond donors (Lipinski definition) is 1. The molecule has 0 heterocycles. The molecule has 0 aromatic heterocycles. The predicted molar refractivity (Wildman–Crippen MR) is 77.7 cm³/mol. The van der Waals surface area contributed by atoms with E-state index in [1.165, 1.54) is 14.2 Å². The Morgan fingerprint density at radius 1 is 1.00 bits per heavy atom. The quantitative estimate of drug-likeness (QED) is 0.844. The lowest BCUT2D eigenvalue weighted by atomic mass is 10.00. The Balaban J connectivity index is 2.49. The molecular formula is C15H13BrF2O3. The lowest BCUT2D eigenvalue weighted by Gasteiger charge is -2.17. The third kappa shape index (κ3) is 3.16. The summed E-state index contributed by atoms with van der Waals surface area (Å²) in [4.78, 5) is 0. The summed E-state index contributed by atoms with van der Waals surface area (Å²) in [6, 6.07) is 6.64. The van der Waals surface area contributed by atoms with E-state index < -0.39 is 17.7 Å². The van der Waals surface area contributed by atoms with E-state index >= 15 is 0 Å². The number of rotatable bonds is 4. The van der Waals surface area contributed by atoms with Gasteiger partial charge < -0.3 is 14.6 Å². The Morgan fingerprint density at radius 3 is 2.33 bits per heavy atom. The fourth-order valence-corrected chi connectivity index (χ4v) is 2.27. The summed E-state index contributed by atoms with van der Waals surface area (Å²) < 4.78 is 37.7. The van der Waals surface area contributed by atoms with Gasteiger partial charge in [-0.15, -0.1) is 0 Å². The van der Waals surface area contributed by atoms with Gasteiger partial charge in [0.1, 0.15) is 29.2 Å². The van der Waals surface area contributed by atoms with Gasteiger partial charge in [-0.1, -0.05) is 0 Å². The molecule has 21 heavy (non-hydrogen) atoms. The second kappa shape index (κ2) is 6.41. The van der Waals surface area contributed by atoms with Gasteiger partial charge in [0.05, 0.1) is 18.7 Å². The standard InChI is InChI=1S/C15H13BrF2O3/c1-20-8-3-4-9(14(5-8)21-2)15(19)10-6-13(18)11(16)7-12(10)17/h3-7,15,19H,1-2H3. The zero-order valence-corrected chi connectivity index (χ0v) is 12.9. The molecule has 0 fully saturated rings. The van der Waals surface area contributed by atoms with Crippen molar-refractivity contribution in [2.45, 2.75) is 6.10 Å². The molecule has 0 saturated carbocycles. The molecule has 0 bridgehead atoms. The highest BCUT2D eigenvalue weighted by Crippen LogP contribution is 2.35. The van der Waals surface area contributed by atoms with Crippen molar-refractivity contribution in [1.29, 1.82) is 0 Å². The van der Waals surface area contributed by atoms with Crippen LogP contribution < -0.4 is 9.47 Å². The van der Waals surface area contributed by atoms with Crippen LogP contribution in [0.3, 0.4) is 0 Å². The van der Waals surface area contributed by atoms with Crippen LogP contribution in [0.15, 0.2) is 34.8 Å². The first kappa shape index (κ1) is 15.7. The third-order valence-corrected chi connectivity index (χ3v) is 3.68. The zero-order chi connectivity index (χ0) is 15.6. The first-order valence-corrected chi connectivity index (χ1v) is 6.81. The molecule has 6 heteroatoms. The molecular weight excluding hydrogens is 346 g/mol. The average molecular weight is 359 g/mol. The van der Waals surface area contributed by atoms with Crippen molar-refractivity contribution >= 4 is 15.9 Å². The SMILES string of the molecule is COc1ccc(C(O)c2cc(F)c(Br)cc2F)c(OC)c1. The van der Waals surface area contributed by atoms with Gasteiger partial charge >= 0.3 is 0 Å². The summed E-state index contributed by atoms with van der Waals surface area (Å²) >= 11 is 2.89. The maximum absolute atomic E-state index is 13.9. The van der Waals surface area contributed by atoms with Gasteiger partial charge in [0.25, 0.3) is 0 Å². The number of ether oxygens (including phenoxy) is 2. The molecule has 1 atom stereocenters. The lowest BCUT2D eigenvalue weighted by Crippen LogP contribution is -2.06. The number of methoxy groups -OCH3 is 2. The van der Waals surface area contributed by atoms with E-state index in [2.05, 4.69) is 15.9 Å². The largest absolute Gasteiger partial charge is 0.497 e. The van der Waals surface area contributed by atoms with Gasteiger partial charge in [0.15, 0.2) is 0 Å². The van der Waals surface area contributed by atoms with E-state index in [0.717, 1.165) is 12.1 Å². The van der Waals surface area contributed by atoms with Gasteiger partial charge in [-0.3, -0.25) is 0 Å². The number of halogens is 3. The van der Waals surface area contributed by atoms with Crippen LogP contribution in [0.2, 0.25) is 0 Å². The minimum atomic E-state index is -1.35. The highest BCUT2D eigenvalue weighted by atomic mass is 79.9. The molecule has 2 aromatic carbocycles. The molecule has 2 aromatic rings. The second-order valence-electron chi connectivity index (χ2n) is 4.30.